The maximum absolute atomic E-state index is 11.8. The number of carboxylic acid groups (broad SMARTS) is 1. The van der Waals surface area contributed by atoms with Crippen molar-refractivity contribution in [1.29, 1.82) is 0 Å². The summed E-state index contributed by atoms with van der Waals surface area (Å²) in [5, 5.41) is 9.72. The van der Waals surface area contributed by atoms with E-state index >= 15 is 0 Å². The Balaban J connectivity index is 2.19. The molecule has 1 saturated heterocycles. The summed E-state index contributed by atoms with van der Waals surface area (Å²) in [5.74, 6) is -0.975. The molecule has 1 amide bonds. The van der Waals surface area contributed by atoms with Gasteiger partial charge < -0.3 is 20.5 Å². The number of primary amides is 1. The smallest absolute Gasteiger partial charge is 0.311 e. The standard InChI is InChI=1S/C15H22N4O4/c1-23-7-3-5-15(14(21)22)4-2-6-19(10-15)12-9-17-8-11(18-12)13(16)20/h8-9H,2-7,10H2,1H3,(H2,16,20)(H,21,22). The molecule has 0 radical (unpaired) electrons. The molecule has 8 nitrogen and oxygen atoms in total. The molecule has 0 aliphatic carbocycles. The van der Waals surface area contributed by atoms with E-state index in [1.807, 2.05) is 4.90 Å². The van der Waals surface area contributed by atoms with Gasteiger partial charge in [-0.05, 0) is 25.7 Å². The summed E-state index contributed by atoms with van der Waals surface area (Å²) in [5.41, 5.74) is 4.47. The molecule has 23 heavy (non-hydrogen) atoms. The second-order valence-electron chi connectivity index (χ2n) is 5.83. The number of anilines is 1. The van der Waals surface area contributed by atoms with Crippen molar-refractivity contribution in [2.45, 2.75) is 25.7 Å². The largest absolute Gasteiger partial charge is 0.481 e. The first-order chi connectivity index (χ1) is 11.0. The van der Waals surface area contributed by atoms with Gasteiger partial charge in [-0.2, -0.15) is 0 Å². The summed E-state index contributed by atoms with van der Waals surface area (Å²) in [4.78, 5) is 33.1. The molecule has 0 saturated carbocycles. The second-order valence-corrected chi connectivity index (χ2v) is 5.83. The number of ether oxygens (including phenoxy) is 1. The van der Waals surface area contributed by atoms with Gasteiger partial charge in [0.05, 0.1) is 17.8 Å². The van der Waals surface area contributed by atoms with E-state index < -0.39 is 17.3 Å². The lowest BCUT2D eigenvalue weighted by molar-refractivity contribution is -0.150. The topological polar surface area (TPSA) is 119 Å². The van der Waals surface area contributed by atoms with Crippen molar-refractivity contribution in [2.24, 2.45) is 11.1 Å². The third-order valence-corrected chi connectivity index (χ3v) is 4.23. The number of piperidine rings is 1. The first-order valence-corrected chi connectivity index (χ1v) is 7.58. The number of methoxy groups -OCH3 is 1. The van der Waals surface area contributed by atoms with Crippen molar-refractivity contribution in [3.05, 3.63) is 18.1 Å². The lowest BCUT2D eigenvalue weighted by atomic mass is 9.76. The van der Waals surface area contributed by atoms with E-state index in [2.05, 4.69) is 9.97 Å². The first kappa shape index (κ1) is 17.1. The van der Waals surface area contributed by atoms with E-state index in [9.17, 15) is 14.7 Å². The van der Waals surface area contributed by atoms with E-state index in [0.29, 0.717) is 44.8 Å². The van der Waals surface area contributed by atoms with Crippen LogP contribution >= 0.6 is 0 Å². The normalized spacial score (nSPS) is 21.2. The predicted octanol–water partition coefficient (Wildman–Crippen LogP) is 0.673. The Kier molecular flexibility index (Phi) is 5.49. The monoisotopic (exact) mass is 322 g/mol. The number of aromatic nitrogens is 2. The Morgan fingerprint density at radius 3 is 2.91 bits per heavy atom. The Labute approximate surface area is 134 Å². The van der Waals surface area contributed by atoms with Crippen molar-refractivity contribution in [1.82, 2.24) is 9.97 Å². The molecule has 1 fully saturated rings. The Morgan fingerprint density at radius 1 is 1.48 bits per heavy atom. The molecule has 2 heterocycles. The van der Waals surface area contributed by atoms with Crippen LogP contribution in [-0.4, -0.2) is 53.8 Å². The van der Waals surface area contributed by atoms with Gasteiger partial charge in [-0.25, -0.2) is 4.98 Å². The zero-order valence-electron chi connectivity index (χ0n) is 13.2. The Hall–Kier alpha value is -2.22. The number of carboxylic acids is 1. The van der Waals surface area contributed by atoms with Gasteiger partial charge in [0.1, 0.15) is 11.5 Å². The zero-order chi connectivity index (χ0) is 16.9. The average Bonchev–Trinajstić information content (AvgIpc) is 2.55. The molecule has 0 bridgehead atoms. The van der Waals surface area contributed by atoms with Gasteiger partial charge in [0, 0.05) is 26.8 Å². The molecular weight excluding hydrogens is 300 g/mol. The van der Waals surface area contributed by atoms with Gasteiger partial charge in [-0.1, -0.05) is 0 Å². The highest BCUT2D eigenvalue weighted by molar-refractivity contribution is 5.90. The molecule has 1 aliphatic rings. The minimum atomic E-state index is -0.832. The van der Waals surface area contributed by atoms with E-state index in [1.165, 1.54) is 12.4 Å². The summed E-state index contributed by atoms with van der Waals surface area (Å²) in [7, 11) is 1.60. The van der Waals surface area contributed by atoms with E-state index in [0.717, 1.165) is 6.42 Å². The number of rotatable bonds is 7. The number of nitrogens with two attached hydrogens (primary N) is 1. The third kappa shape index (κ3) is 3.95. The van der Waals surface area contributed by atoms with Crippen LogP contribution in [-0.2, 0) is 9.53 Å². The lowest BCUT2D eigenvalue weighted by Crippen LogP contribution is -2.48. The number of carbonyl (C=O) groups is 2. The van der Waals surface area contributed by atoms with Crippen LogP contribution in [0.25, 0.3) is 0 Å². The SMILES string of the molecule is COCCCC1(C(=O)O)CCCN(c2cncc(C(N)=O)n2)C1. The quantitative estimate of drug-likeness (QED) is 0.708. The number of amides is 1. The fourth-order valence-corrected chi connectivity index (χ4v) is 2.99. The molecule has 1 aliphatic heterocycles. The van der Waals surface area contributed by atoms with Gasteiger partial charge in [0.2, 0.25) is 0 Å². The highest BCUT2D eigenvalue weighted by Crippen LogP contribution is 2.36. The molecule has 0 spiro atoms. The Bertz CT molecular complexity index is 580. The highest BCUT2D eigenvalue weighted by Gasteiger charge is 2.42. The van der Waals surface area contributed by atoms with Gasteiger partial charge >= 0.3 is 5.97 Å². The van der Waals surface area contributed by atoms with Crippen LogP contribution in [0.5, 0.6) is 0 Å². The summed E-state index contributed by atoms with van der Waals surface area (Å²) in [6, 6.07) is 0. The molecule has 0 aromatic carbocycles. The third-order valence-electron chi connectivity index (χ3n) is 4.23. The first-order valence-electron chi connectivity index (χ1n) is 7.58. The lowest BCUT2D eigenvalue weighted by Gasteiger charge is -2.40. The minimum Gasteiger partial charge on any atom is -0.481 e. The van der Waals surface area contributed by atoms with Crippen molar-refractivity contribution < 1.29 is 19.4 Å². The molecule has 1 unspecified atom stereocenters. The van der Waals surface area contributed by atoms with E-state index in [1.54, 1.807) is 7.11 Å². The fourth-order valence-electron chi connectivity index (χ4n) is 2.99. The van der Waals surface area contributed by atoms with Crippen molar-refractivity contribution >= 4 is 17.7 Å². The van der Waals surface area contributed by atoms with Gasteiger partial charge in [-0.15, -0.1) is 0 Å². The van der Waals surface area contributed by atoms with Crippen LogP contribution in [0.4, 0.5) is 5.82 Å². The Morgan fingerprint density at radius 2 is 2.26 bits per heavy atom. The molecular formula is C15H22N4O4. The molecule has 1 aromatic heterocycles. The fraction of sp³-hybridized carbons (Fsp3) is 0.600. The summed E-state index contributed by atoms with van der Waals surface area (Å²) >= 11 is 0. The van der Waals surface area contributed by atoms with Crippen molar-refractivity contribution in [3.63, 3.8) is 0 Å². The van der Waals surface area contributed by atoms with Gasteiger partial charge in [0.15, 0.2) is 0 Å². The summed E-state index contributed by atoms with van der Waals surface area (Å²) in [6.45, 7) is 1.55. The zero-order valence-corrected chi connectivity index (χ0v) is 13.2. The summed E-state index contributed by atoms with van der Waals surface area (Å²) in [6.07, 6.45) is 5.41. The van der Waals surface area contributed by atoms with Crippen LogP contribution in [0.2, 0.25) is 0 Å². The highest BCUT2D eigenvalue weighted by atomic mass is 16.5. The number of aliphatic carboxylic acids is 1. The number of carbonyl (C=O) groups excluding carboxylic acids is 1. The number of hydrogen-bond acceptors (Lipinski definition) is 6. The molecule has 3 N–H and O–H groups in total. The molecule has 8 heteroatoms. The molecule has 2 rings (SSSR count). The maximum atomic E-state index is 11.8. The van der Waals surface area contributed by atoms with Gasteiger partial charge in [0.25, 0.3) is 5.91 Å². The average molecular weight is 322 g/mol. The molecule has 126 valence electrons. The van der Waals surface area contributed by atoms with Crippen molar-refractivity contribution in [2.75, 3.05) is 31.7 Å². The van der Waals surface area contributed by atoms with Crippen LogP contribution < -0.4 is 10.6 Å². The van der Waals surface area contributed by atoms with Gasteiger partial charge in [-0.3, -0.25) is 14.6 Å². The van der Waals surface area contributed by atoms with Crippen LogP contribution in [0.3, 0.4) is 0 Å². The summed E-state index contributed by atoms with van der Waals surface area (Å²) < 4.78 is 5.03. The van der Waals surface area contributed by atoms with Crippen LogP contribution in [0.15, 0.2) is 12.4 Å². The van der Waals surface area contributed by atoms with E-state index in [4.69, 9.17) is 10.5 Å². The second kappa shape index (κ2) is 7.36. The minimum absolute atomic E-state index is 0.0772. The maximum Gasteiger partial charge on any atom is 0.311 e. The number of nitrogens with zero attached hydrogens (tertiary/aromatic N) is 3. The van der Waals surface area contributed by atoms with Crippen LogP contribution in [0, 0.1) is 5.41 Å². The molecule has 1 aromatic rings. The molecule has 1 atom stereocenters. The predicted molar refractivity (Wildman–Crippen MR) is 83.2 cm³/mol. The van der Waals surface area contributed by atoms with Crippen LogP contribution in [0.1, 0.15) is 36.2 Å². The number of hydrogen-bond donors (Lipinski definition) is 2. The van der Waals surface area contributed by atoms with E-state index in [-0.39, 0.29) is 5.69 Å². The van der Waals surface area contributed by atoms with Crippen molar-refractivity contribution in [3.8, 4) is 0 Å².